The number of benzene rings is 1. The molecule has 31 heavy (non-hydrogen) atoms. The van der Waals surface area contributed by atoms with Crippen molar-refractivity contribution in [2.75, 3.05) is 20.2 Å². The van der Waals surface area contributed by atoms with Gasteiger partial charge in [-0.25, -0.2) is 0 Å². The van der Waals surface area contributed by atoms with Crippen LogP contribution < -0.4 is 4.74 Å². The fraction of sp³-hybridized carbons (Fsp3) is 0.500. The van der Waals surface area contributed by atoms with Crippen LogP contribution in [0.25, 0.3) is 11.4 Å². The fourth-order valence-electron chi connectivity index (χ4n) is 4.01. The van der Waals surface area contributed by atoms with Gasteiger partial charge in [0, 0.05) is 38.9 Å². The van der Waals surface area contributed by atoms with Gasteiger partial charge in [0.05, 0.1) is 12.7 Å². The Kier molecular flexibility index (Phi) is 6.59. The summed E-state index contributed by atoms with van der Waals surface area (Å²) in [6, 6.07) is 7.52. The standard InChI is InChI=1S/C22H28N6O3/c1-3-27-15-23-25-19(27)14-16-10-12-28(13-11-16)21(29)9-8-20-24-22(26-31-20)17-6-4-5-7-18(17)30-2/h4-7,15-16H,3,8-14H2,1-2H3. The third kappa shape index (κ3) is 4.92. The number of rotatable bonds is 8. The van der Waals surface area contributed by atoms with Crippen molar-refractivity contribution in [3.05, 3.63) is 42.3 Å². The van der Waals surface area contributed by atoms with Crippen molar-refractivity contribution in [2.24, 2.45) is 5.92 Å². The monoisotopic (exact) mass is 424 g/mol. The van der Waals surface area contributed by atoms with Crippen molar-refractivity contribution >= 4 is 5.91 Å². The summed E-state index contributed by atoms with van der Waals surface area (Å²) in [5.74, 6) is 3.33. The average Bonchev–Trinajstić information content (AvgIpc) is 3.47. The zero-order chi connectivity index (χ0) is 21.6. The molecule has 0 saturated carbocycles. The number of aryl methyl sites for hydroxylation is 2. The van der Waals surface area contributed by atoms with Crippen LogP contribution >= 0.6 is 0 Å². The lowest BCUT2D eigenvalue weighted by Gasteiger charge is -2.31. The van der Waals surface area contributed by atoms with Crippen molar-refractivity contribution in [3.8, 4) is 17.1 Å². The summed E-state index contributed by atoms with van der Waals surface area (Å²) >= 11 is 0. The molecule has 1 saturated heterocycles. The molecule has 1 amide bonds. The molecule has 0 unspecified atom stereocenters. The highest BCUT2D eigenvalue weighted by atomic mass is 16.5. The van der Waals surface area contributed by atoms with E-state index in [1.165, 1.54) is 0 Å². The van der Waals surface area contributed by atoms with Gasteiger partial charge >= 0.3 is 0 Å². The molecule has 1 aliphatic rings. The molecule has 1 aliphatic heterocycles. The van der Waals surface area contributed by atoms with E-state index < -0.39 is 0 Å². The molecule has 4 rings (SSSR count). The Bertz CT molecular complexity index is 1010. The lowest BCUT2D eigenvalue weighted by Crippen LogP contribution is -2.39. The Morgan fingerprint density at radius 3 is 2.84 bits per heavy atom. The Balaban J connectivity index is 1.26. The minimum Gasteiger partial charge on any atom is -0.496 e. The summed E-state index contributed by atoms with van der Waals surface area (Å²) in [5.41, 5.74) is 0.771. The second-order valence-corrected chi connectivity index (χ2v) is 7.77. The summed E-state index contributed by atoms with van der Waals surface area (Å²) in [5, 5.41) is 12.3. The molecule has 1 aromatic carbocycles. The number of piperidine rings is 1. The number of ether oxygens (including phenoxy) is 1. The van der Waals surface area contributed by atoms with Crippen molar-refractivity contribution < 1.29 is 14.1 Å². The number of hydrogen-bond acceptors (Lipinski definition) is 7. The van der Waals surface area contributed by atoms with Crippen LogP contribution in [0.4, 0.5) is 0 Å². The Hall–Kier alpha value is -3.23. The van der Waals surface area contributed by atoms with Gasteiger partial charge in [-0.1, -0.05) is 17.3 Å². The molecule has 3 heterocycles. The molecular weight excluding hydrogens is 396 g/mol. The highest BCUT2D eigenvalue weighted by Crippen LogP contribution is 2.27. The molecule has 1 fully saturated rings. The molecule has 0 spiro atoms. The topological polar surface area (TPSA) is 99.2 Å². The molecule has 0 radical (unpaired) electrons. The number of aromatic nitrogens is 5. The first-order valence-electron chi connectivity index (χ1n) is 10.8. The quantitative estimate of drug-likeness (QED) is 0.548. The maximum absolute atomic E-state index is 12.7. The largest absolute Gasteiger partial charge is 0.496 e. The Labute approximate surface area is 181 Å². The van der Waals surface area contributed by atoms with E-state index in [-0.39, 0.29) is 5.91 Å². The summed E-state index contributed by atoms with van der Waals surface area (Å²) in [6.45, 7) is 4.53. The third-order valence-electron chi connectivity index (χ3n) is 5.84. The second-order valence-electron chi connectivity index (χ2n) is 7.77. The van der Waals surface area contributed by atoms with Crippen molar-refractivity contribution in [1.29, 1.82) is 0 Å². The first kappa shape index (κ1) is 21.0. The zero-order valence-electron chi connectivity index (χ0n) is 18.0. The first-order valence-corrected chi connectivity index (χ1v) is 10.8. The normalized spacial score (nSPS) is 14.7. The van der Waals surface area contributed by atoms with E-state index in [1.54, 1.807) is 13.4 Å². The Morgan fingerprint density at radius 2 is 2.06 bits per heavy atom. The maximum Gasteiger partial charge on any atom is 0.227 e. The molecule has 0 bridgehead atoms. The number of amides is 1. The minimum absolute atomic E-state index is 0.132. The fourth-order valence-corrected chi connectivity index (χ4v) is 4.01. The van der Waals surface area contributed by atoms with Crippen LogP contribution in [0.5, 0.6) is 5.75 Å². The van der Waals surface area contributed by atoms with Gasteiger partial charge in [0.2, 0.25) is 17.6 Å². The molecule has 2 aromatic heterocycles. The van der Waals surface area contributed by atoms with Crippen LogP contribution in [-0.4, -0.2) is 55.9 Å². The van der Waals surface area contributed by atoms with Crippen LogP contribution in [0.15, 0.2) is 35.1 Å². The van der Waals surface area contributed by atoms with Crippen LogP contribution in [-0.2, 0) is 24.2 Å². The molecule has 0 N–H and O–H groups in total. The predicted octanol–water partition coefficient (Wildman–Crippen LogP) is 2.77. The molecule has 0 atom stereocenters. The van der Waals surface area contributed by atoms with E-state index in [0.29, 0.717) is 36.2 Å². The van der Waals surface area contributed by atoms with E-state index in [9.17, 15) is 4.79 Å². The number of hydrogen-bond donors (Lipinski definition) is 0. The zero-order valence-corrected chi connectivity index (χ0v) is 18.0. The van der Waals surface area contributed by atoms with Gasteiger partial charge in [-0.05, 0) is 37.8 Å². The molecule has 164 valence electrons. The average molecular weight is 425 g/mol. The number of likely N-dealkylation sites (tertiary alicyclic amines) is 1. The number of para-hydroxylation sites is 1. The highest BCUT2D eigenvalue weighted by molar-refractivity contribution is 5.76. The SMILES string of the molecule is CCn1cnnc1CC1CCN(C(=O)CCc2nc(-c3ccccc3OC)no2)CC1. The predicted molar refractivity (Wildman–Crippen MR) is 113 cm³/mol. The van der Waals surface area contributed by atoms with Crippen LogP contribution in [0.1, 0.15) is 37.9 Å². The Morgan fingerprint density at radius 1 is 1.26 bits per heavy atom. The third-order valence-corrected chi connectivity index (χ3v) is 5.84. The van der Waals surface area contributed by atoms with Gasteiger partial charge in [0.1, 0.15) is 17.9 Å². The summed E-state index contributed by atoms with van der Waals surface area (Å²) < 4.78 is 12.8. The number of methoxy groups -OCH3 is 1. The molecule has 9 heteroatoms. The lowest BCUT2D eigenvalue weighted by molar-refractivity contribution is -0.132. The van der Waals surface area contributed by atoms with E-state index in [4.69, 9.17) is 9.26 Å². The number of nitrogens with zero attached hydrogens (tertiary/aromatic N) is 6. The number of carbonyl (C=O) groups excluding carboxylic acids is 1. The first-order chi connectivity index (χ1) is 15.2. The van der Waals surface area contributed by atoms with Crippen LogP contribution in [0, 0.1) is 5.92 Å². The van der Waals surface area contributed by atoms with Gasteiger partial charge in [0.15, 0.2) is 0 Å². The van der Waals surface area contributed by atoms with E-state index in [0.717, 1.165) is 50.3 Å². The lowest BCUT2D eigenvalue weighted by atomic mass is 9.93. The smallest absolute Gasteiger partial charge is 0.227 e. The van der Waals surface area contributed by atoms with Crippen LogP contribution in [0.2, 0.25) is 0 Å². The summed E-state index contributed by atoms with van der Waals surface area (Å²) in [4.78, 5) is 19.0. The van der Waals surface area contributed by atoms with Gasteiger partial charge in [-0.3, -0.25) is 4.79 Å². The molecular formula is C22H28N6O3. The summed E-state index contributed by atoms with van der Waals surface area (Å²) in [7, 11) is 1.61. The van der Waals surface area contributed by atoms with Crippen LogP contribution in [0.3, 0.4) is 0 Å². The van der Waals surface area contributed by atoms with Crippen molar-refractivity contribution in [2.45, 2.75) is 45.6 Å². The van der Waals surface area contributed by atoms with E-state index >= 15 is 0 Å². The van der Waals surface area contributed by atoms with E-state index in [2.05, 4.69) is 31.8 Å². The van der Waals surface area contributed by atoms with Crippen molar-refractivity contribution in [1.82, 2.24) is 29.8 Å². The minimum atomic E-state index is 0.132. The van der Waals surface area contributed by atoms with Gasteiger partial charge in [-0.15, -0.1) is 10.2 Å². The second kappa shape index (κ2) is 9.72. The molecule has 3 aromatic rings. The highest BCUT2D eigenvalue weighted by Gasteiger charge is 2.24. The summed E-state index contributed by atoms with van der Waals surface area (Å²) in [6.07, 6.45) is 5.47. The van der Waals surface area contributed by atoms with Crippen molar-refractivity contribution in [3.63, 3.8) is 0 Å². The maximum atomic E-state index is 12.7. The van der Waals surface area contributed by atoms with Gasteiger partial charge in [0.25, 0.3) is 0 Å². The molecule has 0 aliphatic carbocycles. The van der Waals surface area contributed by atoms with Gasteiger partial charge < -0.3 is 18.7 Å². The molecule has 9 nitrogen and oxygen atoms in total. The van der Waals surface area contributed by atoms with Gasteiger partial charge in [-0.2, -0.15) is 4.98 Å². The number of carbonyl (C=O) groups is 1. The van der Waals surface area contributed by atoms with E-state index in [1.807, 2.05) is 29.2 Å².